The van der Waals surface area contributed by atoms with E-state index in [1.807, 2.05) is 31.3 Å². The minimum absolute atomic E-state index is 0.0762. The van der Waals surface area contributed by atoms with Crippen molar-refractivity contribution in [2.24, 2.45) is 0 Å². The van der Waals surface area contributed by atoms with E-state index in [1.165, 1.54) is 12.7 Å². The summed E-state index contributed by atoms with van der Waals surface area (Å²) in [4.78, 5) is 17.0. The van der Waals surface area contributed by atoms with Gasteiger partial charge in [-0.15, -0.1) is 0 Å². The summed E-state index contributed by atoms with van der Waals surface area (Å²) in [6, 6.07) is 7.14. The molecule has 2 aromatic rings. The number of nitrogens with zero attached hydrogens (tertiary/aromatic N) is 2. The zero-order valence-corrected chi connectivity index (χ0v) is 16.0. The van der Waals surface area contributed by atoms with Gasteiger partial charge in [0.2, 0.25) is 0 Å². The number of rotatable bonds is 4. The van der Waals surface area contributed by atoms with Crippen molar-refractivity contribution in [2.45, 2.75) is 24.7 Å². The van der Waals surface area contributed by atoms with Crippen LogP contribution in [-0.2, 0) is 16.0 Å². The molecule has 2 aliphatic rings. The first kappa shape index (κ1) is 17.9. The van der Waals surface area contributed by atoms with E-state index in [0.717, 1.165) is 30.0 Å². The number of carbonyl (C=O) groups is 1. The highest BCUT2D eigenvalue weighted by Crippen LogP contribution is 2.49. The fraction of sp³-hybridized carbons (Fsp3) is 0.450. The van der Waals surface area contributed by atoms with E-state index in [-0.39, 0.29) is 18.2 Å². The van der Waals surface area contributed by atoms with Crippen LogP contribution in [0.3, 0.4) is 0 Å². The molecule has 7 heteroatoms. The maximum atomic E-state index is 12.7. The largest absolute Gasteiger partial charge is 0.493 e. The summed E-state index contributed by atoms with van der Waals surface area (Å²) in [5, 5.41) is 0. The van der Waals surface area contributed by atoms with Crippen LogP contribution in [0.2, 0.25) is 0 Å². The molecule has 27 heavy (non-hydrogen) atoms. The normalized spacial score (nSPS) is 25.0. The monoisotopic (exact) mass is 372 g/mol. The molecule has 0 saturated carbocycles. The Bertz CT molecular complexity index is 835. The maximum Gasteiger partial charge on any atom is 0.325 e. The van der Waals surface area contributed by atoms with Gasteiger partial charge in [-0.05, 0) is 48.9 Å². The number of likely N-dealkylation sites (N-methyl/N-ethyl adjacent to an activating group) is 1. The average molecular weight is 372 g/mol. The fourth-order valence-electron chi connectivity index (χ4n) is 4.45. The molecule has 1 aromatic carbocycles. The third-order valence-electron chi connectivity index (χ3n) is 5.64. The number of methoxy groups -OCH3 is 3. The summed E-state index contributed by atoms with van der Waals surface area (Å²) in [5.41, 5.74) is 2.31. The maximum absolute atomic E-state index is 12.7. The van der Waals surface area contributed by atoms with E-state index in [4.69, 9.17) is 18.6 Å². The van der Waals surface area contributed by atoms with E-state index < -0.39 is 6.04 Å². The molecule has 7 nitrogen and oxygen atoms in total. The van der Waals surface area contributed by atoms with Crippen LogP contribution in [0.25, 0.3) is 0 Å². The third kappa shape index (κ3) is 2.69. The van der Waals surface area contributed by atoms with Crippen LogP contribution in [0, 0.1) is 0 Å². The molecule has 144 valence electrons. The number of benzene rings is 1. The lowest BCUT2D eigenvalue weighted by molar-refractivity contribution is -0.147. The van der Waals surface area contributed by atoms with Crippen molar-refractivity contribution in [2.75, 3.05) is 34.9 Å². The predicted octanol–water partition coefficient (Wildman–Crippen LogP) is 2.38. The molecule has 4 rings (SSSR count). The molecule has 1 aromatic heterocycles. The van der Waals surface area contributed by atoms with Crippen LogP contribution in [0.5, 0.6) is 11.5 Å². The zero-order chi connectivity index (χ0) is 19.1. The topological polar surface area (TPSA) is 64.4 Å². The number of furan rings is 1. The van der Waals surface area contributed by atoms with Crippen LogP contribution < -0.4 is 9.47 Å². The molecule has 0 spiro atoms. The van der Waals surface area contributed by atoms with E-state index >= 15 is 0 Å². The number of hydrogen-bond acceptors (Lipinski definition) is 7. The van der Waals surface area contributed by atoms with Gasteiger partial charge in [0.15, 0.2) is 11.5 Å². The smallest absolute Gasteiger partial charge is 0.325 e. The highest BCUT2D eigenvalue weighted by Gasteiger charge is 2.53. The lowest BCUT2D eigenvalue weighted by Gasteiger charge is -2.36. The van der Waals surface area contributed by atoms with Crippen molar-refractivity contribution >= 4 is 5.97 Å². The van der Waals surface area contributed by atoms with Crippen molar-refractivity contribution in [1.29, 1.82) is 0 Å². The summed E-state index contributed by atoms with van der Waals surface area (Å²) in [7, 11) is 6.72. The average Bonchev–Trinajstić information content (AvgIpc) is 3.32. The molecule has 1 fully saturated rings. The van der Waals surface area contributed by atoms with Crippen molar-refractivity contribution < 1.29 is 23.4 Å². The Morgan fingerprint density at radius 2 is 1.93 bits per heavy atom. The highest BCUT2D eigenvalue weighted by atomic mass is 16.5. The Hall–Kier alpha value is -2.51. The molecule has 0 unspecified atom stereocenters. The Balaban J connectivity index is 1.82. The van der Waals surface area contributed by atoms with Gasteiger partial charge in [-0.2, -0.15) is 0 Å². The van der Waals surface area contributed by atoms with Crippen LogP contribution in [0.15, 0.2) is 34.9 Å². The number of fused-ring (bicyclic) bond motifs is 3. The third-order valence-corrected chi connectivity index (χ3v) is 5.64. The second kappa shape index (κ2) is 6.90. The Labute approximate surface area is 158 Å². The van der Waals surface area contributed by atoms with Crippen molar-refractivity contribution in [3.8, 4) is 11.5 Å². The standard InChI is InChI=1S/C20H24N2O5/c1-21-17(14-6-5-9-27-14)18(20(23)26-4)22-8-7-12-10-15(24-2)16(25-3)11-13(12)19(21)22/h5-6,9-11,17-19H,7-8H2,1-4H3/t17-,18+,19-/m1/s1. The van der Waals surface area contributed by atoms with Gasteiger partial charge in [0.1, 0.15) is 11.8 Å². The van der Waals surface area contributed by atoms with Crippen LogP contribution in [0.4, 0.5) is 0 Å². The predicted molar refractivity (Wildman–Crippen MR) is 97.7 cm³/mol. The minimum Gasteiger partial charge on any atom is -0.493 e. The highest BCUT2D eigenvalue weighted by molar-refractivity contribution is 5.77. The molecule has 1 saturated heterocycles. The number of carbonyl (C=O) groups excluding carboxylic acids is 1. The summed E-state index contributed by atoms with van der Waals surface area (Å²) in [5.74, 6) is 1.90. The quantitative estimate of drug-likeness (QED) is 0.764. The Morgan fingerprint density at radius 1 is 1.19 bits per heavy atom. The molecular formula is C20H24N2O5. The molecule has 3 heterocycles. The van der Waals surface area contributed by atoms with Gasteiger partial charge in [0.25, 0.3) is 0 Å². The van der Waals surface area contributed by atoms with Crippen LogP contribution in [-0.4, -0.2) is 56.7 Å². The van der Waals surface area contributed by atoms with Gasteiger partial charge in [0.05, 0.1) is 39.8 Å². The van der Waals surface area contributed by atoms with E-state index in [2.05, 4.69) is 9.80 Å². The molecule has 0 aliphatic carbocycles. The van der Waals surface area contributed by atoms with E-state index in [9.17, 15) is 4.79 Å². The Kier molecular flexibility index (Phi) is 4.57. The first-order valence-corrected chi connectivity index (χ1v) is 8.94. The summed E-state index contributed by atoms with van der Waals surface area (Å²) in [6.45, 7) is 0.745. The van der Waals surface area contributed by atoms with Crippen molar-refractivity contribution in [3.05, 3.63) is 47.4 Å². The first-order valence-electron chi connectivity index (χ1n) is 8.94. The van der Waals surface area contributed by atoms with Gasteiger partial charge < -0.3 is 18.6 Å². The number of ether oxygens (including phenoxy) is 3. The number of esters is 1. The van der Waals surface area contributed by atoms with Gasteiger partial charge >= 0.3 is 5.97 Å². The molecule has 2 aliphatic heterocycles. The zero-order valence-electron chi connectivity index (χ0n) is 16.0. The van der Waals surface area contributed by atoms with E-state index in [0.29, 0.717) is 5.75 Å². The molecule has 0 N–H and O–H groups in total. The lowest BCUT2D eigenvalue weighted by atomic mass is 9.95. The molecular weight excluding hydrogens is 348 g/mol. The van der Waals surface area contributed by atoms with Crippen LogP contribution in [0.1, 0.15) is 29.1 Å². The summed E-state index contributed by atoms with van der Waals surface area (Å²) >= 11 is 0. The second-order valence-electron chi connectivity index (χ2n) is 6.86. The molecule has 0 amide bonds. The van der Waals surface area contributed by atoms with Gasteiger partial charge in [-0.1, -0.05) is 0 Å². The van der Waals surface area contributed by atoms with Gasteiger partial charge in [-0.25, -0.2) is 0 Å². The summed E-state index contributed by atoms with van der Waals surface area (Å²) < 4.78 is 21.8. The first-order chi connectivity index (χ1) is 13.1. The van der Waals surface area contributed by atoms with Gasteiger partial charge in [0, 0.05) is 6.54 Å². The number of hydrogen-bond donors (Lipinski definition) is 0. The van der Waals surface area contributed by atoms with Crippen molar-refractivity contribution in [3.63, 3.8) is 0 Å². The van der Waals surface area contributed by atoms with Crippen LogP contribution >= 0.6 is 0 Å². The second-order valence-corrected chi connectivity index (χ2v) is 6.86. The Morgan fingerprint density at radius 3 is 2.56 bits per heavy atom. The molecule has 3 atom stereocenters. The SMILES string of the molecule is COC(=O)[C@@H]1[C@@H](c2ccco2)N(C)[C@H]2c3cc(OC)c(OC)cc3CCN12. The minimum atomic E-state index is -0.433. The van der Waals surface area contributed by atoms with E-state index in [1.54, 1.807) is 20.5 Å². The fourth-order valence-corrected chi connectivity index (χ4v) is 4.45. The summed E-state index contributed by atoms with van der Waals surface area (Å²) in [6.07, 6.45) is 2.38. The van der Waals surface area contributed by atoms with Gasteiger partial charge in [-0.3, -0.25) is 14.6 Å². The molecule has 0 radical (unpaired) electrons. The molecule has 0 bridgehead atoms. The van der Waals surface area contributed by atoms with Crippen molar-refractivity contribution in [1.82, 2.24) is 9.80 Å². The lowest BCUT2D eigenvalue weighted by Crippen LogP contribution is -2.43.